The van der Waals surface area contributed by atoms with Crippen molar-refractivity contribution in [1.82, 2.24) is 9.55 Å². The minimum absolute atomic E-state index is 0.0136. The molecule has 65 heavy (non-hydrogen) atoms. The second-order valence-electron chi connectivity index (χ2n) is 17.3. The van der Waals surface area contributed by atoms with Gasteiger partial charge in [0.25, 0.3) is 5.56 Å². The summed E-state index contributed by atoms with van der Waals surface area (Å²) in [7, 11) is 1.31. The molecule has 10 rings (SSSR count). The number of phenols is 2. The smallest absolute Gasteiger partial charge is 0.343 e. The first-order valence-electron chi connectivity index (χ1n) is 21.1. The Morgan fingerprint density at radius 3 is 2.51 bits per heavy atom. The van der Waals surface area contributed by atoms with Crippen LogP contribution in [0.3, 0.4) is 0 Å². The highest BCUT2D eigenvalue weighted by molar-refractivity contribution is 6.31. The summed E-state index contributed by atoms with van der Waals surface area (Å²) in [5, 5.41) is 71.9. The van der Waals surface area contributed by atoms with Crippen LogP contribution in [0.5, 0.6) is 17.2 Å². The Kier molecular flexibility index (Phi) is 9.80. The summed E-state index contributed by atoms with van der Waals surface area (Å²) in [4.78, 5) is 72.2. The van der Waals surface area contributed by atoms with E-state index >= 15 is 0 Å². The number of hydrogen-bond acceptors (Lipinski definition) is 17. The predicted molar refractivity (Wildman–Crippen MR) is 226 cm³/mol. The minimum atomic E-state index is -2.34. The molecule has 1 fully saturated rings. The number of carbonyl (C=O) groups is 4. The summed E-state index contributed by atoms with van der Waals surface area (Å²) in [6, 6.07) is 12.4. The number of cyclic esters (lactones) is 1. The third-order valence-corrected chi connectivity index (χ3v) is 13.6. The van der Waals surface area contributed by atoms with Gasteiger partial charge in [-0.2, -0.15) is 0 Å². The minimum Gasteiger partial charge on any atom is -0.507 e. The molecule has 7 N–H and O–H groups in total. The van der Waals surface area contributed by atoms with Gasteiger partial charge in [-0.15, -0.1) is 0 Å². The number of aliphatic hydroxyl groups is 4. The standard InChI is InChI=1S/C47H43N3O15/c1-4-47(61)26-12-29-38-21(16-50(29)44(58)25(26)18-63-45(47)59)10-20-11-22(8-9-27(20)49-38)48-28-13-33(64-19(2)39(28)53)65-31-15-46(60,32(52)17-51)14-24-35(31)43(57)37-36(41(24)55)40(54)23-6-5-7-30(62-3)34(23)42(37)56/h5-12,19,28,31,33,39,48,51,53,55,57,60-61H,4,13-18H2,1-3H3/t19?,28?,31-,33?,39?,46-,47-/m0/s1. The van der Waals surface area contributed by atoms with E-state index in [-0.39, 0.29) is 70.7 Å². The van der Waals surface area contributed by atoms with E-state index in [4.69, 9.17) is 23.9 Å². The van der Waals surface area contributed by atoms with Gasteiger partial charge in [-0.25, -0.2) is 9.78 Å². The molecule has 0 saturated carbocycles. The molecule has 5 heterocycles. The summed E-state index contributed by atoms with van der Waals surface area (Å²) in [6.07, 6.45) is -5.80. The third kappa shape index (κ3) is 6.23. The molecule has 1 saturated heterocycles. The van der Waals surface area contributed by atoms with Gasteiger partial charge in [0, 0.05) is 58.2 Å². The van der Waals surface area contributed by atoms with E-state index in [1.807, 2.05) is 12.1 Å². The van der Waals surface area contributed by atoms with Gasteiger partial charge in [0.1, 0.15) is 42.2 Å². The van der Waals surface area contributed by atoms with Crippen molar-refractivity contribution in [2.24, 2.45) is 0 Å². The normalized spacial score (nSPS) is 26.3. The fourth-order valence-corrected chi connectivity index (χ4v) is 10.1. The number of Topliss-reactive ketones (excluding diaryl/α,β-unsaturated/α-hetero) is 1. The Morgan fingerprint density at radius 2 is 1.77 bits per heavy atom. The number of aromatic hydroxyl groups is 2. The Bertz CT molecular complexity index is 3020. The number of phenolic OH excluding ortho intramolecular Hbond substituents is 2. The lowest BCUT2D eigenvalue weighted by atomic mass is 9.72. The Labute approximate surface area is 368 Å². The molecule has 5 aromatic rings. The van der Waals surface area contributed by atoms with Gasteiger partial charge in [0.2, 0.25) is 5.78 Å². The zero-order chi connectivity index (χ0) is 46.0. The molecular weight excluding hydrogens is 847 g/mol. The number of hydrogen-bond donors (Lipinski definition) is 7. The number of anilines is 1. The topological polar surface area (TPSA) is 273 Å². The lowest BCUT2D eigenvalue weighted by Gasteiger charge is -2.43. The van der Waals surface area contributed by atoms with E-state index in [1.54, 1.807) is 36.6 Å². The van der Waals surface area contributed by atoms with Crippen LogP contribution >= 0.6 is 0 Å². The van der Waals surface area contributed by atoms with Crippen LogP contribution < -0.4 is 15.6 Å². The summed E-state index contributed by atoms with van der Waals surface area (Å²) in [6.45, 7) is 2.11. The SMILES string of the molecule is CC[C@@]1(O)C(=O)OCc2c1cc1n(c2=O)Cc2cc3cc(NC4CC(O[C@H]5C[C@](O)(C(=O)CO)Cc6c(O)c7c(c(O)c65)C(=O)c5c(OC)cccc5C7=O)OC(C)C4O)ccc3nc2-1. The number of methoxy groups -OCH3 is 1. The quantitative estimate of drug-likeness (QED) is 0.0853. The highest BCUT2D eigenvalue weighted by Crippen LogP contribution is 2.53. The van der Waals surface area contributed by atoms with Crippen molar-refractivity contribution in [2.75, 3.05) is 19.0 Å². The zero-order valence-corrected chi connectivity index (χ0v) is 35.2. The number of pyridine rings is 2. The maximum atomic E-state index is 14.1. The van der Waals surface area contributed by atoms with Crippen molar-refractivity contribution in [3.05, 3.63) is 109 Å². The van der Waals surface area contributed by atoms with Crippen LogP contribution in [0.15, 0.2) is 53.3 Å². The van der Waals surface area contributed by atoms with Gasteiger partial charge in [0.15, 0.2) is 23.5 Å². The highest BCUT2D eigenvalue weighted by atomic mass is 16.7. The van der Waals surface area contributed by atoms with Crippen LogP contribution in [0.1, 0.15) is 98.9 Å². The largest absolute Gasteiger partial charge is 0.507 e. The van der Waals surface area contributed by atoms with Crippen molar-refractivity contribution in [1.29, 1.82) is 0 Å². The number of benzene rings is 3. The molecule has 5 aliphatic rings. The molecule has 18 heteroatoms. The number of aromatic nitrogens is 2. The predicted octanol–water partition coefficient (Wildman–Crippen LogP) is 2.55. The molecule has 3 aromatic carbocycles. The van der Waals surface area contributed by atoms with Crippen molar-refractivity contribution in [2.45, 2.75) is 94.5 Å². The second-order valence-corrected chi connectivity index (χ2v) is 17.3. The molecule has 2 aromatic heterocycles. The Balaban J connectivity index is 0.955. The summed E-state index contributed by atoms with van der Waals surface area (Å²) < 4.78 is 24.6. The number of rotatable bonds is 8. The monoisotopic (exact) mass is 889 g/mol. The van der Waals surface area contributed by atoms with Gasteiger partial charge in [-0.3, -0.25) is 19.2 Å². The van der Waals surface area contributed by atoms with E-state index in [9.17, 15) is 54.6 Å². The van der Waals surface area contributed by atoms with Crippen LogP contribution in [-0.4, -0.2) is 107 Å². The van der Waals surface area contributed by atoms with E-state index in [0.29, 0.717) is 28.0 Å². The molecule has 4 unspecified atom stereocenters. The van der Waals surface area contributed by atoms with Crippen molar-refractivity contribution < 1.29 is 68.8 Å². The Morgan fingerprint density at radius 1 is 1.00 bits per heavy atom. The third-order valence-electron chi connectivity index (χ3n) is 13.6. The van der Waals surface area contributed by atoms with Gasteiger partial charge in [-0.05, 0) is 49.7 Å². The number of carbonyl (C=O) groups excluding carboxylic acids is 4. The highest BCUT2D eigenvalue weighted by Gasteiger charge is 2.51. The number of fused-ring (bicyclic) bond motifs is 8. The summed E-state index contributed by atoms with van der Waals surface area (Å²) >= 11 is 0. The molecule has 3 aliphatic heterocycles. The van der Waals surface area contributed by atoms with Crippen LogP contribution in [0, 0.1) is 0 Å². The molecule has 0 bridgehead atoms. The number of aliphatic hydroxyl groups excluding tert-OH is 2. The number of ether oxygens (including phenoxy) is 4. The number of nitrogens with zero attached hydrogens (tertiary/aromatic N) is 2. The van der Waals surface area contributed by atoms with Crippen LogP contribution in [-0.2, 0) is 49.0 Å². The molecule has 18 nitrogen and oxygen atoms in total. The second kappa shape index (κ2) is 15.0. The van der Waals surface area contributed by atoms with E-state index in [0.717, 1.165) is 5.56 Å². The first kappa shape index (κ1) is 42.4. The summed E-state index contributed by atoms with van der Waals surface area (Å²) in [5.41, 5.74) is -3.03. The number of nitrogens with one attached hydrogen (secondary N) is 1. The first-order valence-corrected chi connectivity index (χ1v) is 21.1. The summed E-state index contributed by atoms with van der Waals surface area (Å²) in [5.74, 6) is -4.83. The first-order chi connectivity index (χ1) is 31.0. The fourth-order valence-electron chi connectivity index (χ4n) is 10.1. The van der Waals surface area contributed by atoms with E-state index < -0.39 is 107 Å². The van der Waals surface area contributed by atoms with E-state index in [2.05, 4.69) is 5.32 Å². The molecule has 2 aliphatic carbocycles. The maximum absolute atomic E-state index is 14.1. The van der Waals surface area contributed by atoms with Gasteiger partial charge in [-0.1, -0.05) is 19.1 Å². The zero-order valence-electron chi connectivity index (χ0n) is 35.2. The van der Waals surface area contributed by atoms with Crippen LogP contribution in [0.25, 0.3) is 22.3 Å². The molecule has 0 amide bonds. The number of ketones is 3. The van der Waals surface area contributed by atoms with Crippen molar-refractivity contribution in [3.63, 3.8) is 0 Å². The Hall–Kier alpha value is -6.54. The average molecular weight is 890 g/mol. The molecule has 336 valence electrons. The maximum Gasteiger partial charge on any atom is 0.343 e. The van der Waals surface area contributed by atoms with Crippen molar-refractivity contribution >= 4 is 39.9 Å². The van der Waals surface area contributed by atoms with Crippen LogP contribution in [0.4, 0.5) is 5.69 Å². The average Bonchev–Trinajstić information content (AvgIpc) is 3.65. The van der Waals surface area contributed by atoms with Gasteiger partial charge in [0.05, 0.1) is 71.1 Å². The fraction of sp³-hybridized carbons (Fsp3) is 0.362. The molecule has 0 spiro atoms. The molecular formula is C47H43N3O15. The van der Waals surface area contributed by atoms with Gasteiger partial charge < -0.3 is 59.5 Å². The number of esters is 1. The molecule has 7 atom stereocenters. The lowest BCUT2D eigenvalue weighted by Crippen LogP contribution is -2.52. The van der Waals surface area contributed by atoms with E-state index in [1.165, 1.54) is 25.3 Å². The van der Waals surface area contributed by atoms with Crippen LogP contribution in [0.2, 0.25) is 0 Å². The lowest BCUT2D eigenvalue weighted by molar-refractivity contribution is -0.245. The molecule has 0 radical (unpaired) electrons. The van der Waals surface area contributed by atoms with Crippen molar-refractivity contribution in [3.8, 4) is 28.6 Å². The van der Waals surface area contributed by atoms with Gasteiger partial charge >= 0.3 is 5.97 Å².